The molecule has 2 rings (SSSR count). The first kappa shape index (κ1) is 14.1. The van der Waals surface area contributed by atoms with E-state index in [2.05, 4.69) is 23.8 Å². The van der Waals surface area contributed by atoms with Crippen LogP contribution in [0.3, 0.4) is 0 Å². The average Bonchev–Trinajstić information content (AvgIpc) is 3.04. The summed E-state index contributed by atoms with van der Waals surface area (Å²) in [4.78, 5) is 18.1. The van der Waals surface area contributed by atoms with Crippen LogP contribution in [0.25, 0.3) is 11.3 Å². The molecule has 0 amide bonds. The van der Waals surface area contributed by atoms with Crippen molar-refractivity contribution in [2.75, 3.05) is 0 Å². The molecule has 0 aliphatic heterocycles. The SMILES string of the molecule is CCC(C)SCc1nc(-c2c[nH]c(C(=O)O)c2)cs1. The number of hydrogen-bond donors (Lipinski definition) is 2. The molecule has 0 saturated carbocycles. The van der Waals surface area contributed by atoms with Crippen molar-refractivity contribution in [3.63, 3.8) is 0 Å². The summed E-state index contributed by atoms with van der Waals surface area (Å²) in [6.07, 6.45) is 2.84. The number of thiazole rings is 1. The minimum absolute atomic E-state index is 0.193. The van der Waals surface area contributed by atoms with E-state index < -0.39 is 5.97 Å². The number of H-pyrrole nitrogens is 1. The average molecular weight is 296 g/mol. The fourth-order valence-electron chi connectivity index (χ4n) is 1.51. The maximum Gasteiger partial charge on any atom is 0.352 e. The van der Waals surface area contributed by atoms with Gasteiger partial charge in [-0.1, -0.05) is 13.8 Å². The number of aromatic amines is 1. The van der Waals surface area contributed by atoms with Gasteiger partial charge in [0.15, 0.2) is 0 Å². The Labute approximate surface area is 120 Å². The maximum atomic E-state index is 10.8. The lowest BCUT2D eigenvalue weighted by atomic mass is 10.2. The molecule has 0 saturated heterocycles. The zero-order chi connectivity index (χ0) is 13.8. The number of carboxylic acids is 1. The van der Waals surface area contributed by atoms with Gasteiger partial charge in [-0.25, -0.2) is 9.78 Å². The van der Waals surface area contributed by atoms with E-state index >= 15 is 0 Å². The number of nitrogens with zero attached hydrogens (tertiary/aromatic N) is 1. The molecule has 4 nitrogen and oxygen atoms in total. The Kier molecular flexibility index (Phi) is 4.66. The molecule has 6 heteroatoms. The lowest BCUT2D eigenvalue weighted by molar-refractivity contribution is 0.0691. The minimum atomic E-state index is -0.950. The van der Waals surface area contributed by atoms with Crippen molar-refractivity contribution in [2.45, 2.75) is 31.3 Å². The molecule has 1 atom stereocenters. The van der Waals surface area contributed by atoms with Crippen LogP contribution in [0.5, 0.6) is 0 Å². The zero-order valence-electron chi connectivity index (χ0n) is 10.8. The van der Waals surface area contributed by atoms with Crippen molar-refractivity contribution in [1.82, 2.24) is 9.97 Å². The van der Waals surface area contributed by atoms with E-state index in [9.17, 15) is 4.79 Å². The van der Waals surface area contributed by atoms with Gasteiger partial charge in [-0.15, -0.1) is 11.3 Å². The first-order valence-electron chi connectivity index (χ1n) is 6.08. The number of nitrogens with one attached hydrogen (secondary N) is 1. The molecule has 2 aromatic rings. The number of rotatable bonds is 6. The number of thioether (sulfide) groups is 1. The van der Waals surface area contributed by atoms with Crippen molar-refractivity contribution in [2.24, 2.45) is 0 Å². The van der Waals surface area contributed by atoms with Crippen LogP contribution in [0.4, 0.5) is 0 Å². The smallest absolute Gasteiger partial charge is 0.352 e. The number of aromatic carboxylic acids is 1. The summed E-state index contributed by atoms with van der Waals surface area (Å²) in [6, 6.07) is 1.61. The number of carboxylic acid groups (broad SMARTS) is 1. The van der Waals surface area contributed by atoms with Crippen molar-refractivity contribution in [3.05, 3.63) is 28.3 Å². The molecule has 0 fully saturated rings. The number of carbonyl (C=O) groups is 1. The van der Waals surface area contributed by atoms with Crippen LogP contribution in [0.15, 0.2) is 17.6 Å². The summed E-state index contributed by atoms with van der Waals surface area (Å²) < 4.78 is 0. The summed E-state index contributed by atoms with van der Waals surface area (Å²) in [5.74, 6) is -0.0374. The van der Waals surface area contributed by atoms with Gasteiger partial charge in [-0.2, -0.15) is 11.8 Å². The van der Waals surface area contributed by atoms with Gasteiger partial charge in [0.05, 0.1) is 5.69 Å². The third-order valence-electron chi connectivity index (χ3n) is 2.83. The van der Waals surface area contributed by atoms with Crippen LogP contribution >= 0.6 is 23.1 Å². The predicted octanol–water partition coefficient (Wildman–Crippen LogP) is 3.87. The van der Waals surface area contributed by atoms with Gasteiger partial charge in [-0.05, 0) is 12.5 Å². The molecule has 2 heterocycles. The van der Waals surface area contributed by atoms with Crippen LogP contribution in [0.2, 0.25) is 0 Å². The highest BCUT2D eigenvalue weighted by molar-refractivity contribution is 7.99. The Morgan fingerprint density at radius 3 is 3.05 bits per heavy atom. The number of hydrogen-bond acceptors (Lipinski definition) is 4. The summed E-state index contributed by atoms with van der Waals surface area (Å²) in [6.45, 7) is 4.39. The van der Waals surface area contributed by atoms with E-state index in [1.165, 1.54) is 0 Å². The highest BCUT2D eigenvalue weighted by atomic mass is 32.2. The van der Waals surface area contributed by atoms with Gasteiger partial charge in [0.2, 0.25) is 0 Å². The lowest BCUT2D eigenvalue weighted by Crippen LogP contribution is -1.94. The van der Waals surface area contributed by atoms with Crippen molar-refractivity contribution in [1.29, 1.82) is 0 Å². The topological polar surface area (TPSA) is 66.0 Å². The normalized spacial score (nSPS) is 12.5. The second kappa shape index (κ2) is 6.25. The quantitative estimate of drug-likeness (QED) is 0.849. The molecule has 2 N–H and O–H groups in total. The first-order chi connectivity index (χ1) is 9.10. The van der Waals surface area contributed by atoms with E-state index in [1.54, 1.807) is 23.6 Å². The van der Waals surface area contributed by atoms with Crippen LogP contribution in [0, 0.1) is 0 Å². The summed E-state index contributed by atoms with van der Waals surface area (Å²) in [5, 5.41) is 12.6. The lowest BCUT2D eigenvalue weighted by Gasteiger charge is -2.05. The predicted molar refractivity (Wildman–Crippen MR) is 79.9 cm³/mol. The van der Waals surface area contributed by atoms with Gasteiger partial charge in [0, 0.05) is 28.1 Å². The molecule has 0 aromatic carbocycles. The van der Waals surface area contributed by atoms with Crippen LogP contribution in [0.1, 0.15) is 35.8 Å². The van der Waals surface area contributed by atoms with Crippen LogP contribution < -0.4 is 0 Å². The first-order valence-corrected chi connectivity index (χ1v) is 8.01. The Bertz CT molecular complexity index is 562. The number of aromatic nitrogens is 2. The monoisotopic (exact) mass is 296 g/mol. The highest BCUT2D eigenvalue weighted by Gasteiger charge is 2.11. The molecule has 0 radical (unpaired) electrons. The summed E-state index contributed by atoms with van der Waals surface area (Å²) >= 11 is 3.52. The Morgan fingerprint density at radius 2 is 2.42 bits per heavy atom. The third-order valence-corrected chi connectivity index (χ3v) is 5.20. The standard InChI is InChI=1S/C13H16N2O2S2/c1-3-8(2)18-7-12-15-11(6-19-12)9-4-10(13(16)17)14-5-9/h4-6,8,14H,3,7H2,1-2H3,(H,16,17). The van der Waals surface area contributed by atoms with Gasteiger partial charge < -0.3 is 10.1 Å². The molecule has 0 spiro atoms. The van der Waals surface area contributed by atoms with E-state index in [-0.39, 0.29) is 5.69 Å². The molecule has 1 unspecified atom stereocenters. The summed E-state index contributed by atoms with van der Waals surface area (Å²) in [5.41, 5.74) is 1.86. The van der Waals surface area contributed by atoms with Crippen molar-refractivity contribution in [3.8, 4) is 11.3 Å². The van der Waals surface area contributed by atoms with E-state index in [4.69, 9.17) is 5.11 Å². The molecule has 0 aliphatic carbocycles. The molecule has 0 aliphatic rings. The third kappa shape index (κ3) is 3.61. The Balaban J connectivity index is 2.05. The molecule has 0 bridgehead atoms. The van der Waals surface area contributed by atoms with Gasteiger partial charge in [0.25, 0.3) is 0 Å². The van der Waals surface area contributed by atoms with Gasteiger partial charge in [-0.3, -0.25) is 0 Å². The van der Waals surface area contributed by atoms with Crippen molar-refractivity contribution < 1.29 is 9.90 Å². The summed E-state index contributed by atoms with van der Waals surface area (Å²) in [7, 11) is 0. The molecular weight excluding hydrogens is 280 g/mol. The maximum absolute atomic E-state index is 10.8. The largest absolute Gasteiger partial charge is 0.477 e. The minimum Gasteiger partial charge on any atom is -0.477 e. The highest BCUT2D eigenvalue weighted by Crippen LogP contribution is 2.26. The second-order valence-electron chi connectivity index (χ2n) is 4.26. The molecule has 2 aromatic heterocycles. The van der Waals surface area contributed by atoms with Crippen LogP contribution in [-0.4, -0.2) is 26.3 Å². The molecule has 19 heavy (non-hydrogen) atoms. The van der Waals surface area contributed by atoms with Gasteiger partial charge >= 0.3 is 5.97 Å². The van der Waals surface area contributed by atoms with Gasteiger partial charge in [0.1, 0.15) is 10.7 Å². The Morgan fingerprint density at radius 1 is 1.63 bits per heavy atom. The fraction of sp³-hybridized carbons (Fsp3) is 0.385. The van der Waals surface area contributed by atoms with Crippen molar-refractivity contribution >= 4 is 29.1 Å². The fourth-order valence-corrected chi connectivity index (χ4v) is 3.30. The van der Waals surface area contributed by atoms with E-state index in [1.807, 2.05) is 17.1 Å². The Hall–Kier alpha value is -1.27. The second-order valence-corrected chi connectivity index (χ2v) is 6.63. The zero-order valence-corrected chi connectivity index (χ0v) is 12.5. The molecular formula is C13H16N2O2S2. The molecule has 102 valence electrons. The van der Waals surface area contributed by atoms with E-state index in [0.29, 0.717) is 5.25 Å². The van der Waals surface area contributed by atoms with E-state index in [0.717, 1.165) is 28.4 Å². The van der Waals surface area contributed by atoms with Crippen LogP contribution in [-0.2, 0) is 5.75 Å².